The van der Waals surface area contributed by atoms with Crippen molar-refractivity contribution in [2.75, 3.05) is 11.9 Å². The van der Waals surface area contributed by atoms with E-state index in [4.69, 9.17) is 10.7 Å². The molecule has 0 saturated heterocycles. The average molecular weight is 366 g/mol. The van der Waals surface area contributed by atoms with Crippen molar-refractivity contribution in [1.29, 1.82) is 0 Å². The summed E-state index contributed by atoms with van der Waals surface area (Å²) in [4.78, 5) is 21.9. The summed E-state index contributed by atoms with van der Waals surface area (Å²) in [5.74, 6) is 0.892. The van der Waals surface area contributed by atoms with Crippen LogP contribution in [0.3, 0.4) is 0 Å². The van der Waals surface area contributed by atoms with Crippen molar-refractivity contribution < 1.29 is 4.79 Å². The summed E-state index contributed by atoms with van der Waals surface area (Å²) >= 11 is 1.42. The number of rotatable bonds is 4. The van der Waals surface area contributed by atoms with Crippen LogP contribution < -0.4 is 11.1 Å². The summed E-state index contributed by atoms with van der Waals surface area (Å²) < 4.78 is 0. The number of carbonyl (C=O) groups excluding carboxylic acids is 1. The number of nitrogens with two attached hydrogens (primary N) is 1. The number of hydrogen-bond acceptors (Lipinski definition) is 5. The number of nitrogens with one attached hydrogen (secondary N) is 1. The Morgan fingerprint density at radius 3 is 2.77 bits per heavy atom. The Bertz CT molecular complexity index is 901. The Hall–Kier alpha value is -2.31. The van der Waals surface area contributed by atoms with Crippen molar-refractivity contribution in [2.24, 2.45) is 11.7 Å². The van der Waals surface area contributed by atoms with Crippen molar-refractivity contribution in [3.05, 3.63) is 53.2 Å². The van der Waals surface area contributed by atoms with E-state index in [9.17, 15) is 4.79 Å². The van der Waals surface area contributed by atoms with Crippen molar-refractivity contribution in [1.82, 2.24) is 9.97 Å². The van der Waals surface area contributed by atoms with E-state index >= 15 is 0 Å². The number of amides is 1. The van der Waals surface area contributed by atoms with Gasteiger partial charge in [-0.25, -0.2) is 4.98 Å². The lowest BCUT2D eigenvalue weighted by atomic mass is 9.80. The maximum Gasteiger partial charge on any atom is 0.258 e. The third kappa shape index (κ3) is 3.48. The molecular weight excluding hydrogens is 344 g/mol. The average Bonchev–Trinajstić information content (AvgIpc) is 3.20. The quantitative estimate of drug-likeness (QED) is 0.726. The molecule has 1 fully saturated rings. The lowest BCUT2D eigenvalue weighted by Crippen LogP contribution is -2.21. The van der Waals surface area contributed by atoms with Crippen LogP contribution in [0.15, 0.2) is 41.9 Å². The van der Waals surface area contributed by atoms with E-state index in [1.165, 1.54) is 11.3 Å². The number of benzene rings is 1. The molecular formula is C20H22N4OS. The van der Waals surface area contributed by atoms with Gasteiger partial charge in [0.2, 0.25) is 0 Å². The minimum atomic E-state index is -0.129. The molecule has 3 N–H and O–H groups in total. The topological polar surface area (TPSA) is 80.9 Å². The first-order valence-electron chi connectivity index (χ1n) is 9.05. The molecule has 0 aliphatic heterocycles. The van der Waals surface area contributed by atoms with Crippen LogP contribution in [-0.2, 0) is 0 Å². The number of aromatic nitrogens is 2. The molecule has 1 amide bonds. The molecule has 6 heteroatoms. The summed E-state index contributed by atoms with van der Waals surface area (Å²) in [5.41, 5.74) is 8.37. The van der Waals surface area contributed by atoms with Gasteiger partial charge in [-0.15, -0.1) is 11.3 Å². The summed E-state index contributed by atoms with van der Waals surface area (Å²) in [6.45, 7) is 0.763. The monoisotopic (exact) mass is 366 g/mol. The maximum atomic E-state index is 12.9. The molecule has 0 atom stereocenters. The second-order valence-electron chi connectivity index (χ2n) is 6.86. The molecule has 1 saturated carbocycles. The van der Waals surface area contributed by atoms with E-state index in [1.54, 1.807) is 6.20 Å². The number of para-hydroxylation sites is 1. The van der Waals surface area contributed by atoms with Gasteiger partial charge in [0.25, 0.3) is 5.91 Å². The molecule has 2 heterocycles. The Kier molecular flexibility index (Phi) is 4.95. The van der Waals surface area contributed by atoms with Crippen LogP contribution in [0.2, 0.25) is 0 Å². The van der Waals surface area contributed by atoms with Crippen LogP contribution in [0.5, 0.6) is 0 Å². The predicted octanol–water partition coefficient (Wildman–Crippen LogP) is 4.18. The van der Waals surface area contributed by atoms with E-state index in [0.717, 1.165) is 48.8 Å². The number of hydrogen-bond donors (Lipinski definition) is 2. The first-order valence-corrected chi connectivity index (χ1v) is 9.93. The van der Waals surface area contributed by atoms with Crippen molar-refractivity contribution in [3.63, 3.8) is 0 Å². The van der Waals surface area contributed by atoms with Gasteiger partial charge in [0.1, 0.15) is 0 Å². The van der Waals surface area contributed by atoms with E-state index in [2.05, 4.69) is 10.3 Å². The fourth-order valence-electron chi connectivity index (χ4n) is 3.74. The molecule has 134 valence electrons. The largest absolute Gasteiger partial charge is 0.330 e. The molecule has 2 aromatic heterocycles. The van der Waals surface area contributed by atoms with Crippen LogP contribution in [0.1, 0.15) is 47.7 Å². The van der Waals surface area contributed by atoms with E-state index in [-0.39, 0.29) is 5.91 Å². The van der Waals surface area contributed by atoms with Gasteiger partial charge < -0.3 is 5.73 Å². The second kappa shape index (κ2) is 7.51. The zero-order valence-electron chi connectivity index (χ0n) is 14.5. The van der Waals surface area contributed by atoms with Crippen molar-refractivity contribution in [2.45, 2.75) is 31.6 Å². The number of pyridine rings is 1. The highest BCUT2D eigenvalue weighted by Gasteiger charge is 2.24. The lowest BCUT2D eigenvalue weighted by molar-refractivity contribution is 0.102. The first-order chi connectivity index (χ1) is 12.7. The third-order valence-corrected chi connectivity index (χ3v) is 5.92. The minimum Gasteiger partial charge on any atom is -0.330 e. The second-order valence-corrected chi connectivity index (χ2v) is 7.75. The molecule has 0 bridgehead atoms. The van der Waals surface area contributed by atoms with Crippen molar-refractivity contribution >= 4 is 33.3 Å². The Morgan fingerprint density at radius 2 is 2.04 bits per heavy atom. The molecule has 3 aromatic rings. The molecule has 26 heavy (non-hydrogen) atoms. The molecule has 5 nitrogen and oxygen atoms in total. The SMILES string of the molecule is NCC1CCC(c2cc(C(=O)Nc3nccs3)c3ccccc3n2)CC1. The zero-order chi connectivity index (χ0) is 17.9. The van der Waals surface area contributed by atoms with Gasteiger partial charge in [0.15, 0.2) is 5.13 Å². The standard InChI is InChI=1S/C20H22N4OS/c21-12-13-5-7-14(8-6-13)18-11-16(15-3-1-2-4-17(15)23-18)19(25)24-20-22-9-10-26-20/h1-4,9-11,13-14H,5-8,12,21H2,(H,22,24,25). The fraction of sp³-hybridized carbons (Fsp3) is 0.350. The summed E-state index contributed by atoms with van der Waals surface area (Å²) in [5, 5.41) is 6.24. The van der Waals surface area contributed by atoms with Crippen molar-refractivity contribution in [3.8, 4) is 0 Å². The number of nitrogens with zero attached hydrogens (tertiary/aromatic N) is 2. The highest BCUT2D eigenvalue weighted by atomic mass is 32.1. The van der Waals surface area contributed by atoms with E-state index < -0.39 is 0 Å². The summed E-state index contributed by atoms with van der Waals surface area (Å²) in [7, 11) is 0. The maximum absolute atomic E-state index is 12.9. The van der Waals surface area contributed by atoms with Crippen LogP contribution in [0, 0.1) is 5.92 Å². The number of anilines is 1. The van der Waals surface area contributed by atoms with Gasteiger partial charge >= 0.3 is 0 Å². The smallest absolute Gasteiger partial charge is 0.258 e. The number of fused-ring (bicyclic) bond motifs is 1. The zero-order valence-corrected chi connectivity index (χ0v) is 15.3. The van der Waals surface area contributed by atoms with Gasteiger partial charge in [-0.2, -0.15) is 0 Å². The Labute approximate surface area is 156 Å². The first kappa shape index (κ1) is 17.1. The molecule has 0 spiro atoms. The molecule has 0 radical (unpaired) electrons. The highest BCUT2D eigenvalue weighted by Crippen LogP contribution is 2.36. The molecule has 4 rings (SSSR count). The summed E-state index contributed by atoms with van der Waals surface area (Å²) in [6, 6.07) is 9.81. The van der Waals surface area contributed by atoms with Crippen LogP contribution in [0.25, 0.3) is 10.9 Å². The highest BCUT2D eigenvalue weighted by molar-refractivity contribution is 7.13. The van der Waals surface area contributed by atoms with E-state index in [0.29, 0.717) is 22.5 Å². The number of carbonyl (C=O) groups is 1. The van der Waals surface area contributed by atoms with E-state index in [1.807, 2.05) is 35.7 Å². The van der Waals surface area contributed by atoms with Gasteiger partial charge in [-0.1, -0.05) is 18.2 Å². The van der Waals surface area contributed by atoms with Crippen LogP contribution in [-0.4, -0.2) is 22.4 Å². The number of thiazole rings is 1. The fourth-order valence-corrected chi connectivity index (χ4v) is 4.26. The molecule has 1 aromatic carbocycles. The molecule has 0 unspecified atom stereocenters. The Balaban J connectivity index is 1.68. The lowest BCUT2D eigenvalue weighted by Gasteiger charge is -2.27. The Morgan fingerprint density at radius 1 is 1.23 bits per heavy atom. The minimum absolute atomic E-state index is 0.129. The molecule has 1 aliphatic rings. The van der Waals surface area contributed by atoms with Crippen LogP contribution in [0.4, 0.5) is 5.13 Å². The van der Waals surface area contributed by atoms with Gasteiger partial charge in [-0.05, 0) is 50.3 Å². The van der Waals surface area contributed by atoms with Gasteiger partial charge in [0.05, 0.1) is 11.1 Å². The van der Waals surface area contributed by atoms with Gasteiger partial charge in [0, 0.05) is 28.6 Å². The predicted molar refractivity (Wildman–Crippen MR) is 106 cm³/mol. The van der Waals surface area contributed by atoms with Gasteiger partial charge in [-0.3, -0.25) is 15.1 Å². The normalized spacial score (nSPS) is 20.2. The molecule has 1 aliphatic carbocycles. The van der Waals surface area contributed by atoms with Crippen LogP contribution >= 0.6 is 11.3 Å². The third-order valence-electron chi connectivity index (χ3n) is 5.23. The summed E-state index contributed by atoms with van der Waals surface area (Å²) in [6.07, 6.45) is 6.13.